The molecule has 2 aromatic rings. The molecule has 0 fully saturated rings. The van der Waals surface area contributed by atoms with Gasteiger partial charge in [0, 0.05) is 34.2 Å². The van der Waals surface area contributed by atoms with Crippen LogP contribution < -0.4 is 0 Å². The Hall–Kier alpha value is -1.52. The van der Waals surface area contributed by atoms with Crippen LogP contribution in [0.25, 0.3) is 10.9 Å². The van der Waals surface area contributed by atoms with Gasteiger partial charge in [-0.25, -0.2) is 0 Å². The van der Waals surface area contributed by atoms with E-state index in [9.17, 15) is 9.90 Å². The maximum absolute atomic E-state index is 11.2. The number of benzene rings is 1. The number of aromatic nitrogens is 1. The second-order valence-electron chi connectivity index (χ2n) is 3.99. The molecule has 1 aromatic heterocycles. The summed E-state index contributed by atoms with van der Waals surface area (Å²) in [6.07, 6.45) is 2.13. The zero-order valence-corrected chi connectivity index (χ0v) is 10.8. The van der Waals surface area contributed by atoms with Crippen LogP contribution >= 0.6 is 11.6 Å². The Balaban J connectivity index is 2.37. The van der Waals surface area contributed by atoms with E-state index in [0.29, 0.717) is 11.6 Å². The van der Waals surface area contributed by atoms with E-state index < -0.39 is 0 Å². The average Bonchev–Trinajstić information content (AvgIpc) is 2.73. The molecule has 1 heterocycles. The van der Waals surface area contributed by atoms with Crippen molar-refractivity contribution in [3.05, 3.63) is 35.0 Å². The summed E-state index contributed by atoms with van der Waals surface area (Å²) in [5.41, 5.74) is 1.74. The number of carbonyl (C=O) groups is 1. The number of aliphatic hydroxyl groups excluding tert-OH is 1. The van der Waals surface area contributed by atoms with Crippen molar-refractivity contribution in [3.63, 3.8) is 0 Å². The molecule has 0 radical (unpaired) electrons. The molecule has 2 rings (SSSR count). The van der Waals surface area contributed by atoms with E-state index >= 15 is 0 Å². The number of aliphatic hydroxyl groups is 1. The molecule has 0 saturated heterocycles. The van der Waals surface area contributed by atoms with E-state index in [0.717, 1.165) is 16.5 Å². The number of aryl methyl sites for hydroxylation is 1. The number of hydrogen-bond donors (Lipinski definition) is 1. The summed E-state index contributed by atoms with van der Waals surface area (Å²) in [6, 6.07) is 5.49. The van der Waals surface area contributed by atoms with Gasteiger partial charge in [0.15, 0.2) is 0 Å². The van der Waals surface area contributed by atoms with Gasteiger partial charge in [-0.05, 0) is 12.1 Å². The number of halogens is 1. The number of rotatable bonds is 4. The van der Waals surface area contributed by atoms with Crippen LogP contribution in [0.15, 0.2) is 24.4 Å². The molecular weight excluding hydrogens is 254 g/mol. The molecule has 0 amide bonds. The quantitative estimate of drug-likeness (QED) is 0.865. The Morgan fingerprint density at radius 3 is 2.94 bits per heavy atom. The van der Waals surface area contributed by atoms with Gasteiger partial charge in [-0.1, -0.05) is 17.7 Å². The van der Waals surface area contributed by atoms with E-state index in [1.807, 2.05) is 22.9 Å². The second kappa shape index (κ2) is 5.42. The summed E-state index contributed by atoms with van der Waals surface area (Å²) in [5, 5.41) is 10.9. The normalized spacial score (nSPS) is 10.8. The predicted octanol–water partition coefficient (Wildman–Crippen LogP) is 2.35. The summed E-state index contributed by atoms with van der Waals surface area (Å²) < 4.78 is 6.52. The second-order valence-corrected chi connectivity index (χ2v) is 4.43. The lowest BCUT2D eigenvalue weighted by atomic mass is 10.2. The minimum Gasteiger partial charge on any atom is -0.469 e. The van der Waals surface area contributed by atoms with Gasteiger partial charge in [0.25, 0.3) is 0 Å². The van der Waals surface area contributed by atoms with Crippen molar-refractivity contribution < 1.29 is 14.6 Å². The summed E-state index contributed by atoms with van der Waals surface area (Å²) in [4.78, 5) is 11.2. The van der Waals surface area contributed by atoms with Gasteiger partial charge in [-0.2, -0.15) is 0 Å². The van der Waals surface area contributed by atoms with Crippen molar-refractivity contribution in [2.45, 2.75) is 19.6 Å². The maximum atomic E-state index is 11.2. The van der Waals surface area contributed by atoms with Crippen molar-refractivity contribution in [3.8, 4) is 0 Å². The molecule has 18 heavy (non-hydrogen) atoms. The Bertz CT molecular complexity index is 577. The largest absolute Gasteiger partial charge is 0.469 e. The molecule has 1 aromatic carbocycles. The number of nitrogens with zero attached hydrogens (tertiary/aromatic N) is 1. The van der Waals surface area contributed by atoms with Gasteiger partial charge in [-0.3, -0.25) is 4.79 Å². The predicted molar refractivity (Wildman–Crippen MR) is 69.5 cm³/mol. The number of ether oxygens (including phenoxy) is 1. The van der Waals surface area contributed by atoms with Crippen molar-refractivity contribution in [2.24, 2.45) is 0 Å². The zero-order valence-electron chi connectivity index (χ0n) is 10.0. The third-order valence-electron chi connectivity index (χ3n) is 2.88. The Morgan fingerprint density at radius 2 is 2.28 bits per heavy atom. The SMILES string of the molecule is COC(=O)CCn1cc(CO)c2ccc(Cl)cc21. The molecule has 4 nitrogen and oxygen atoms in total. The minimum atomic E-state index is -0.260. The fourth-order valence-corrected chi connectivity index (χ4v) is 2.13. The van der Waals surface area contributed by atoms with E-state index in [4.69, 9.17) is 11.6 Å². The average molecular weight is 268 g/mol. The third-order valence-corrected chi connectivity index (χ3v) is 3.12. The standard InChI is InChI=1S/C13H14ClNO3/c1-18-13(17)4-5-15-7-9(8-16)11-3-2-10(14)6-12(11)15/h2-3,6-7,16H,4-5,8H2,1H3. The molecule has 0 aliphatic rings. The van der Waals surface area contributed by atoms with Crippen LogP contribution in [0.5, 0.6) is 0 Å². The molecule has 1 N–H and O–H groups in total. The first kappa shape index (κ1) is 12.9. The maximum Gasteiger partial charge on any atom is 0.307 e. The smallest absolute Gasteiger partial charge is 0.307 e. The van der Waals surface area contributed by atoms with E-state index in [1.54, 1.807) is 6.07 Å². The summed E-state index contributed by atoms with van der Waals surface area (Å²) in [5.74, 6) is -0.260. The molecule has 0 spiro atoms. The first-order chi connectivity index (χ1) is 8.65. The lowest BCUT2D eigenvalue weighted by molar-refractivity contribution is -0.140. The molecular formula is C13H14ClNO3. The molecule has 5 heteroatoms. The molecule has 0 unspecified atom stereocenters. The minimum absolute atomic E-state index is 0.0383. The number of esters is 1. The Morgan fingerprint density at radius 1 is 1.50 bits per heavy atom. The Labute approximate surface area is 110 Å². The lowest BCUT2D eigenvalue weighted by Gasteiger charge is -2.04. The summed E-state index contributed by atoms with van der Waals surface area (Å²) >= 11 is 5.97. The highest BCUT2D eigenvalue weighted by Crippen LogP contribution is 2.25. The summed E-state index contributed by atoms with van der Waals surface area (Å²) in [7, 11) is 1.37. The third kappa shape index (κ3) is 2.49. The fourth-order valence-electron chi connectivity index (χ4n) is 1.97. The van der Waals surface area contributed by atoms with Gasteiger partial charge in [0.1, 0.15) is 0 Å². The van der Waals surface area contributed by atoms with Crippen molar-refractivity contribution in [1.29, 1.82) is 0 Å². The lowest BCUT2D eigenvalue weighted by Crippen LogP contribution is -2.06. The van der Waals surface area contributed by atoms with Gasteiger partial charge in [0.05, 0.1) is 20.1 Å². The van der Waals surface area contributed by atoms with Crippen LogP contribution in [-0.4, -0.2) is 22.8 Å². The van der Waals surface area contributed by atoms with Crippen LogP contribution in [0.2, 0.25) is 5.02 Å². The van der Waals surface area contributed by atoms with Gasteiger partial charge < -0.3 is 14.4 Å². The first-order valence-electron chi connectivity index (χ1n) is 5.60. The van der Waals surface area contributed by atoms with E-state index in [2.05, 4.69) is 4.74 Å². The van der Waals surface area contributed by atoms with Crippen molar-refractivity contribution in [1.82, 2.24) is 4.57 Å². The number of methoxy groups -OCH3 is 1. The zero-order chi connectivity index (χ0) is 13.1. The van der Waals surface area contributed by atoms with Gasteiger partial charge >= 0.3 is 5.97 Å². The van der Waals surface area contributed by atoms with E-state index in [1.165, 1.54) is 7.11 Å². The molecule has 96 valence electrons. The van der Waals surface area contributed by atoms with E-state index in [-0.39, 0.29) is 19.0 Å². The highest BCUT2D eigenvalue weighted by Gasteiger charge is 2.09. The summed E-state index contributed by atoms with van der Waals surface area (Å²) in [6.45, 7) is 0.465. The van der Waals surface area contributed by atoms with Gasteiger partial charge in [0.2, 0.25) is 0 Å². The molecule has 0 saturated carbocycles. The van der Waals surface area contributed by atoms with Crippen molar-refractivity contribution in [2.75, 3.05) is 7.11 Å². The van der Waals surface area contributed by atoms with Crippen LogP contribution in [0.1, 0.15) is 12.0 Å². The van der Waals surface area contributed by atoms with Crippen LogP contribution in [0.3, 0.4) is 0 Å². The molecule has 0 aliphatic carbocycles. The van der Waals surface area contributed by atoms with Crippen LogP contribution in [-0.2, 0) is 22.7 Å². The highest BCUT2D eigenvalue weighted by molar-refractivity contribution is 6.31. The highest BCUT2D eigenvalue weighted by atomic mass is 35.5. The number of hydrogen-bond acceptors (Lipinski definition) is 3. The monoisotopic (exact) mass is 267 g/mol. The Kier molecular flexibility index (Phi) is 3.89. The van der Waals surface area contributed by atoms with Crippen LogP contribution in [0.4, 0.5) is 0 Å². The molecule has 0 aliphatic heterocycles. The van der Waals surface area contributed by atoms with Gasteiger partial charge in [-0.15, -0.1) is 0 Å². The van der Waals surface area contributed by atoms with Crippen molar-refractivity contribution >= 4 is 28.5 Å². The number of fused-ring (bicyclic) bond motifs is 1. The molecule has 0 atom stereocenters. The number of carbonyl (C=O) groups excluding carboxylic acids is 1. The fraction of sp³-hybridized carbons (Fsp3) is 0.308. The first-order valence-corrected chi connectivity index (χ1v) is 5.98. The topological polar surface area (TPSA) is 51.5 Å². The van der Waals surface area contributed by atoms with Crippen LogP contribution in [0, 0.1) is 0 Å². The molecule has 0 bridgehead atoms.